The van der Waals surface area contributed by atoms with E-state index in [1.165, 1.54) is 0 Å². The standard InChI is InChI=1S/C11H14IN3O2/c1-16-5-4-15-8-9(6-14-15)13-7-10-2-3-11(12)17-10/h2-3,6,8,13H,4-5,7H2,1H3. The van der Waals surface area contributed by atoms with E-state index < -0.39 is 0 Å². The number of halogens is 1. The summed E-state index contributed by atoms with van der Waals surface area (Å²) in [6, 6.07) is 3.91. The van der Waals surface area contributed by atoms with Crippen molar-refractivity contribution in [2.75, 3.05) is 19.0 Å². The van der Waals surface area contributed by atoms with Crippen LogP contribution in [0.1, 0.15) is 5.76 Å². The number of aromatic nitrogens is 2. The molecule has 2 aromatic rings. The van der Waals surface area contributed by atoms with Gasteiger partial charge in [0.15, 0.2) is 3.77 Å². The number of ether oxygens (including phenoxy) is 1. The van der Waals surface area contributed by atoms with Crippen LogP contribution in [0.3, 0.4) is 0 Å². The molecule has 2 heterocycles. The van der Waals surface area contributed by atoms with Crippen molar-refractivity contribution in [1.29, 1.82) is 0 Å². The van der Waals surface area contributed by atoms with E-state index in [0.717, 1.165) is 21.8 Å². The molecule has 0 radical (unpaired) electrons. The van der Waals surface area contributed by atoms with Crippen LogP contribution in [0.5, 0.6) is 0 Å². The highest BCUT2D eigenvalue weighted by molar-refractivity contribution is 14.1. The summed E-state index contributed by atoms with van der Waals surface area (Å²) in [5.41, 5.74) is 0.979. The minimum Gasteiger partial charge on any atom is -0.454 e. The van der Waals surface area contributed by atoms with E-state index in [1.54, 1.807) is 13.3 Å². The van der Waals surface area contributed by atoms with Crippen LogP contribution in [0, 0.1) is 3.77 Å². The highest BCUT2D eigenvalue weighted by Gasteiger charge is 2.01. The Morgan fingerprint density at radius 3 is 3.12 bits per heavy atom. The van der Waals surface area contributed by atoms with E-state index in [0.29, 0.717) is 13.2 Å². The van der Waals surface area contributed by atoms with Crippen LogP contribution in [0.4, 0.5) is 5.69 Å². The van der Waals surface area contributed by atoms with Crippen LogP contribution < -0.4 is 5.32 Å². The molecule has 0 saturated carbocycles. The van der Waals surface area contributed by atoms with Crippen LogP contribution in [0.2, 0.25) is 0 Å². The second-order valence-electron chi connectivity index (χ2n) is 3.54. The fourth-order valence-electron chi connectivity index (χ4n) is 1.40. The van der Waals surface area contributed by atoms with Crippen molar-refractivity contribution < 1.29 is 9.15 Å². The Balaban J connectivity index is 1.84. The minimum absolute atomic E-state index is 0.664. The van der Waals surface area contributed by atoms with E-state index in [-0.39, 0.29) is 0 Å². The molecule has 0 aromatic carbocycles. The Bertz CT molecular complexity index is 467. The Morgan fingerprint density at radius 1 is 1.53 bits per heavy atom. The summed E-state index contributed by atoms with van der Waals surface area (Å²) < 4.78 is 13.2. The number of rotatable bonds is 6. The molecule has 2 rings (SSSR count). The second kappa shape index (κ2) is 6.06. The van der Waals surface area contributed by atoms with E-state index >= 15 is 0 Å². The normalized spacial score (nSPS) is 10.7. The average molecular weight is 347 g/mol. The van der Waals surface area contributed by atoms with Crippen LogP contribution in [0.15, 0.2) is 28.9 Å². The first-order valence-corrected chi connectivity index (χ1v) is 6.35. The van der Waals surface area contributed by atoms with Gasteiger partial charge < -0.3 is 14.5 Å². The van der Waals surface area contributed by atoms with Gasteiger partial charge in [-0.25, -0.2) is 0 Å². The van der Waals surface area contributed by atoms with Gasteiger partial charge in [0.25, 0.3) is 0 Å². The lowest BCUT2D eigenvalue weighted by Gasteiger charge is -2.00. The van der Waals surface area contributed by atoms with Crippen molar-refractivity contribution >= 4 is 28.3 Å². The van der Waals surface area contributed by atoms with Gasteiger partial charge in [0.2, 0.25) is 0 Å². The van der Waals surface area contributed by atoms with Crippen LogP contribution in [-0.2, 0) is 17.8 Å². The highest BCUT2D eigenvalue weighted by Crippen LogP contribution is 2.12. The third-order valence-corrected chi connectivity index (χ3v) is 2.83. The Labute approximate surface area is 113 Å². The first-order valence-electron chi connectivity index (χ1n) is 5.27. The molecule has 0 atom stereocenters. The van der Waals surface area contributed by atoms with Gasteiger partial charge in [-0.3, -0.25) is 4.68 Å². The fraction of sp³-hybridized carbons (Fsp3) is 0.364. The van der Waals surface area contributed by atoms with Crippen molar-refractivity contribution in [1.82, 2.24) is 9.78 Å². The van der Waals surface area contributed by atoms with E-state index in [2.05, 4.69) is 33.0 Å². The third kappa shape index (κ3) is 3.74. The summed E-state index contributed by atoms with van der Waals surface area (Å²) in [4.78, 5) is 0. The number of hydrogen-bond donors (Lipinski definition) is 1. The number of nitrogens with zero attached hydrogens (tertiary/aromatic N) is 2. The molecule has 2 aromatic heterocycles. The van der Waals surface area contributed by atoms with Crippen molar-refractivity contribution in [2.24, 2.45) is 0 Å². The predicted octanol–water partition coefficient (Wildman–Crippen LogP) is 2.34. The molecule has 0 fully saturated rings. The predicted molar refractivity (Wildman–Crippen MR) is 72.9 cm³/mol. The van der Waals surface area contributed by atoms with E-state index in [9.17, 15) is 0 Å². The molecule has 5 nitrogen and oxygen atoms in total. The molecule has 92 valence electrons. The van der Waals surface area contributed by atoms with E-state index in [4.69, 9.17) is 9.15 Å². The summed E-state index contributed by atoms with van der Waals surface area (Å²) in [6.07, 6.45) is 3.75. The maximum Gasteiger partial charge on any atom is 0.164 e. The summed E-state index contributed by atoms with van der Waals surface area (Å²) >= 11 is 2.15. The van der Waals surface area contributed by atoms with Gasteiger partial charge in [0.05, 0.1) is 31.6 Å². The molecule has 1 N–H and O–H groups in total. The molecule has 0 bridgehead atoms. The zero-order chi connectivity index (χ0) is 12.1. The van der Waals surface area contributed by atoms with Crippen molar-refractivity contribution in [2.45, 2.75) is 13.1 Å². The minimum atomic E-state index is 0.664. The number of furan rings is 1. The average Bonchev–Trinajstić information content (AvgIpc) is 2.93. The second-order valence-corrected chi connectivity index (χ2v) is 4.61. The van der Waals surface area contributed by atoms with Crippen LogP contribution >= 0.6 is 22.6 Å². The quantitative estimate of drug-likeness (QED) is 0.815. The molecule has 0 aliphatic rings. The van der Waals surface area contributed by atoms with Gasteiger partial charge in [-0.15, -0.1) is 0 Å². The molecular formula is C11H14IN3O2. The van der Waals surface area contributed by atoms with Crippen molar-refractivity contribution in [3.05, 3.63) is 34.1 Å². The number of methoxy groups -OCH3 is 1. The topological polar surface area (TPSA) is 52.2 Å². The van der Waals surface area contributed by atoms with Crippen molar-refractivity contribution in [3.63, 3.8) is 0 Å². The molecular weight excluding hydrogens is 333 g/mol. The SMILES string of the molecule is COCCn1cc(NCc2ccc(I)o2)cn1. The Hall–Kier alpha value is -1.02. The molecule has 0 aliphatic heterocycles. The maximum absolute atomic E-state index is 5.45. The molecule has 0 unspecified atom stereocenters. The van der Waals surface area contributed by atoms with Crippen LogP contribution in [0.25, 0.3) is 0 Å². The van der Waals surface area contributed by atoms with Crippen molar-refractivity contribution in [3.8, 4) is 0 Å². The third-order valence-electron chi connectivity index (χ3n) is 2.25. The van der Waals surface area contributed by atoms with Gasteiger partial charge in [0.1, 0.15) is 5.76 Å². The van der Waals surface area contributed by atoms with Crippen LogP contribution in [-0.4, -0.2) is 23.5 Å². The largest absolute Gasteiger partial charge is 0.454 e. The lowest BCUT2D eigenvalue weighted by molar-refractivity contribution is 0.183. The molecule has 0 aliphatic carbocycles. The number of hydrogen-bond acceptors (Lipinski definition) is 4. The highest BCUT2D eigenvalue weighted by atomic mass is 127. The molecule has 17 heavy (non-hydrogen) atoms. The van der Waals surface area contributed by atoms with E-state index in [1.807, 2.05) is 23.0 Å². The molecule has 0 amide bonds. The smallest absolute Gasteiger partial charge is 0.164 e. The number of anilines is 1. The zero-order valence-corrected chi connectivity index (χ0v) is 11.7. The first kappa shape index (κ1) is 12.4. The lowest BCUT2D eigenvalue weighted by atomic mass is 10.4. The summed E-state index contributed by atoms with van der Waals surface area (Å²) in [5.74, 6) is 0.916. The fourth-order valence-corrected chi connectivity index (χ4v) is 1.86. The molecule has 6 heteroatoms. The Kier molecular flexibility index (Phi) is 4.43. The zero-order valence-electron chi connectivity index (χ0n) is 9.52. The molecule has 0 spiro atoms. The first-order chi connectivity index (χ1) is 8.28. The van der Waals surface area contributed by atoms with Gasteiger partial charge in [-0.05, 0) is 34.7 Å². The summed E-state index contributed by atoms with van der Waals surface area (Å²) in [6.45, 7) is 2.09. The summed E-state index contributed by atoms with van der Waals surface area (Å²) in [7, 11) is 1.68. The summed E-state index contributed by atoms with van der Waals surface area (Å²) in [5, 5.41) is 7.46. The van der Waals surface area contributed by atoms with Gasteiger partial charge in [-0.1, -0.05) is 0 Å². The molecule has 0 saturated heterocycles. The van der Waals surface area contributed by atoms with Gasteiger partial charge >= 0.3 is 0 Å². The van der Waals surface area contributed by atoms with Gasteiger partial charge in [0, 0.05) is 13.3 Å². The monoisotopic (exact) mass is 347 g/mol. The Morgan fingerprint density at radius 2 is 2.41 bits per heavy atom. The lowest BCUT2D eigenvalue weighted by Crippen LogP contribution is -2.04. The van der Waals surface area contributed by atoms with Gasteiger partial charge in [-0.2, -0.15) is 5.10 Å². The maximum atomic E-state index is 5.45. The number of nitrogens with one attached hydrogen (secondary N) is 1.